The van der Waals surface area contributed by atoms with E-state index in [1.807, 2.05) is 6.08 Å². The number of aliphatic hydroxyl groups excluding tert-OH is 1. The number of rotatable bonds is 3. The van der Waals surface area contributed by atoms with Gasteiger partial charge in [-0.2, -0.15) is 0 Å². The van der Waals surface area contributed by atoms with Gasteiger partial charge < -0.3 is 9.52 Å². The Kier molecular flexibility index (Phi) is 4.69. The third kappa shape index (κ3) is 2.38. The Morgan fingerprint density at radius 3 is 2.47 bits per heavy atom. The van der Waals surface area contributed by atoms with Crippen LogP contribution in [0.25, 0.3) is 0 Å². The zero-order valence-corrected chi connectivity index (χ0v) is 19.0. The lowest BCUT2D eigenvalue weighted by Crippen LogP contribution is -2.60. The first-order valence-corrected chi connectivity index (χ1v) is 11.3. The van der Waals surface area contributed by atoms with Crippen LogP contribution in [0.3, 0.4) is 0 Å². The van der Waals surface area contributed by atoms with Crippen LogP contribution >= 0.6 is 23.2 Å². The standard InChI is InChI=1S/C22H22Cl2N2O6/c1-3-26-17(28)12-6-5-11-13(15(12)18(26)29)8-21(23)19(30)25(2)20(31)22(21,24)16(11)14-7-4-10(9-27)32-14/h4-5,7,12-13,15-16,27H,3,6,8-9H2,1-2H3/t12-,13+,15-,16+,21+,22-/m0/s1. The predicted octanol–water partition coefficient (Wildman–Crippen LogP) is 1.78. The summed E-state index contributed by atoms with van der Waals surface area (Å²) in [5.41, 5.74) is 0.673. The van der Waals surface area contributed by atoms with Crippen molar-refractivity contribution in [2.75, 3.05) is 13.6 Å². The second-order valence-electron chi connectivity index (χ2n) is 8.88. The zero-order chi connectivity index (χ0) is 23.2. The first kappa shape index (κ1) is 21.7. The molecular weight excluding hydrogens is 459 g/mol. The van der Waals surface area contributed by atoms with E-state index >= 15 is 0 Å². The molecule has 6 atom stereocenters. The lowest BCUT2D eigenvalue weighted by Gasteiger charge is -2.49. The van der Waals surface area contributed by atoms with Crippen molar-refractivity contribution in [3.05, 3.63) is 35.3 Å². The van der Waals surface area contributed by atoms with E-state index in [0.29, 0.717) is 12.0 Å². The summed E-state index contributed by atoms with van der Waals surface area (Å²) in [5.74, 6) is -3.94. The molecule has 2 aliphatic carbocycles. The van der Waals surface area contributed by atoms with Gasteiger partial charge in [-0.3, -0.25) is 29.0 Å². The molecule has 2 saturated heterocycles. The highest BCUT2D eigenvalue weighted by molar-refractivity contribution is 6.53. The summed E-state index contributed by atoms with van der Waals surface area (Å²) < 4.78 is 5.78. The number of carbonyl (C=O) groups excluding carboxylic acids is 4. The van der Waals surface area contributed by atoms with Crippen molar-refractivity contribution in [1.82, 2.24) is 9.80 Å². The van der Waals surface area contributed by atoms with Gasteiger partial charge in [-0.05, 0) is 37.8 Å². The van der Waals surface area contributed by atoms with Gasteiger partial charge in [-0.25, -0.2) is 0 Å². The molecule has 170 valence electrons. The quantitative estimate of drug-likeness (QED) is 0.401. The average Bonchev–Trinajstić information content (AvgIpc) is 3.38. The van der Waals surface area contributed by atoms with E-state index in [0.717, 1.165) is 4.90 Å². The number of hydrogen-bond donors (Lipinski definition) is 1. The number of carbonyl (C=O) groups is 4. The Balaban J connectivity index is 1.72. The van der Waals surface area contributed by atoms with Gasteiger partial charge in [0.05, 0.1) is 17.8 Å². The number of fused-ring (bicyclic) bond motifs is 4. The number of nitrogens with zero attached hydrogens (tertiary/aromatic N) is 2. The van der Waals surface area contributed by atoms with E-state index in [-0.39, 0.29) is 42.9 Å². The Morgan fingerprint density at radius 1 is 1.12 bits per heavy atom. The summed E-state index contributed by atoms with van der Waals surface area (Å²) in [4.78, 5) is 51.0. The zero-order valence-electron chi connectivity index (χ0n) is 17.5. The molecule has 8 nitrogen and oxygen atoms in total. The molecule has 0 aromatic carbocycles. The maximum absolute atomic E-state index is 13.3. The molecule has 1 N–H and O–H groups in total. The lowest BCUT2D eigenvalue weighted by atomic mass is 9.57. The Bertz CT molecular complexity index is 1100. The van der Waals surface area contributed by atoms with Crippen LogP contribution in [0.5, 0.6) is 0 Å². The third-order valence-corrected chi connectivity index (χ3v) is 8.96. The number of halogens is 2. The SMILES string of the molecule is CCN1C(=O)[C@H]2[C@H](CC=C3[C@H]2C[C@@]2(Cl)C(=O)N(C)C(=O)[C@@]2(Cl)[C@H]3c2ccc(CO)o2)C1=O. The fourth-order valence-electron chi connectivity index (χ4n) is 6.07. The van der Waals surface area contributed by atoms with Gasteiger partial charge in [0.25, 0.3) is 11.8 Å². The molecular formula is C22H22Cl2N2O6. The minimum absolute atomic E-state index is 0.0411. The van der Waals surface area contributed by atoms with Crippen LogP contribution in [0.2, 0.25) is 0 Å². The highest BCUT2D eigenvalue weighted by atomic mass is 35.5. The molecule has 32 heavy (non-hydrogen) atoms. The molecule has 3 fully saturated rings. The molecule has 0 unspecified atom stereocenters. The van der Waals surface area contributed by atoms with E-state index in [4.69, 9.17) is 27.6 Å². The summed E-state index contributed by atoms with van der Waals surface area (Å²) in [5, 5.41) is 9.48. The van der Waals surface area contributed by atoms with Crippen LogP contribution in [0, 0.1) is 17.8 Å². The van der Waals surface area contributed by atoms with E-state index in [1.54, 1.807) is 19.1 Å². The van der Waals surface area contributed by atoms with Crippen LogP contribution in [0.4, 0.5) is 0 Å². The molecule has 4 amide bonds. The van der Waals surface area contributed by atoms with Gasteiger partial charge >= 0.3 is 0 Å². The summed E-state index contributed by atoms with van der Waals surface area (Å²) >= 11 is 14.0. The maximum atomic E-state index is 13.3. The minimum Gasteiger partial charge on any atom is -0.463 e. The second-order valence-corrected chi connectivity index (χ2v) is 10.1. The molecule has 0 radical (unpaired) electrons. The molecule has 1 saturated carbocycles. The van der Waals surface area contributed by atoms with Gasteiger partial charge in [-0.15, -0.1) is 23.2 Å². The van der Waals surface area contributed by atoms with E-state index < -0.39 is 45.2 Å². The van der Waals surface area contributed by atoms with E-state index in [9.17, 15) is 24.3 Å². The van der Waals surface area contributed by atoms with Crippen molar-refractivity contribution in [3.63, 3.8) is 0 Å². The lowest BCUT2D eigenvalue weighted by molar-refractivity contribution is -0.141. The smallest absolute Gasteiger partial charge is 0.253 e. The second kappa shape index (κ2) is 6.92. The Labute approximate surface area is 194 Å². The summed E-state index contributed by atoms with van der Waals surface area (Å²) in [6, 6.07) is 3.17. The number of imide groups is 2. The molecule has 2 aliphatic heterocycles. The van der Waals surface area contributed by atoms with Crippen LogP contribution in [-0.2, 0) is 25.8 Å². The monoisotopic (exact) mass is 480 g/mol. The van der Waals surface area contributed by atoms with Crippen molar-refractivity contribution >= 4 is 46.8 Å². The minimum atomic E-state index is -1.86. The van der Waals surface area contributed by atoms with E-state index in [1.165, 1.54) is 11.9 Å². The number of allylic oxidation sites excluding steroid dienone is 2. The van der Waals surface area contributed by atoms with Crippen molar-refractivity contribution < 1.29 is 28.7 Å². The summed E-state index contributed by atoms with van der Waals surface area (Å²) in [6.07, 6.45) is 2.13. The molecule has 3 heterocycles. The van der Waals surface area contributed by atoms with Crippen LogP contribution < -0.4 is 0 Å². The number of aliphatic hydroxyl groups is 1. The number of hydrogen-bond acceptors (Lipinski definition) is 6. The Morgan fingerprint density at radius 2 is 1.84 bits per heavy atom. The molecule has 5 rings (SSSR count). The summed E-state index contributed by atoms with van der Waals surface area (Å²) in [7, 11) is 1.33. The largest absolute Gasteiger partial charge is 0.463 e. The highest BCUT2D eigenvalue weighted by Crippen LogP contribution is 2.65. The first-order chi connectivity index (χ1) is 15.1. The van der Waals surface area contributed by atoms with Gasteiger partial charge in [0.15, 0.2) is 9.75 Å². The van der Waals surface area contributed by atoms with Crippen LogP contribution in [-0.4, -0.2) is 61.9 Å². The fraction of sp³-hybridized carbons (Fsp3) is 0.545. The number of alkyl halides is 2. The van der Waals surface area contributed by atoms with Crippen LogP contribution in [0.15, 0.2) is 28.2 Å². The number of amides is 4. The molecule has 0 bridgehead atoms. The van der Waals surface area contributed by atoms with E-state index in [2.05, 4.69) is 0 Å². The highest BCUT2D eigenvalue weighted by Gasteiger charge is 2.76. The molecule has 1 aromatic heterocycles. The first-order valence-electron chi connectivity index (χ1n) is 10.6. The third-order valence-electron chi connectivity index (χ3n) is 7.54. The average molecular weight is 481 g/mol. The topological polar surface area (TPSA) is 108 Å². The summed E-state index contributed by atoms with van der Waals surface area (Å²) in [6.45, 7) is 1.65. The van der Waals surface area contributed by atoms with Gasteiger partial charge in [0.2, 0.25) is 11.8 Å². The van der Waals surface area contributed by atoms with Gasteiger partial charge in [0, 0.05) is 13.6 Å². The molecule has 1 aromatic rings. The normalized spacial score (nSPS) is 38.7. The van der Waals surface area contributed by atoms with Crippen molar-refractivity contribution in [2.24, 2.45) is 17.8 Å². The van der Waals surface area contributed by atoms with Gasteiger partial charge in [-0.1, -0.05) is 11.6 Å². The van der Waals surface area contributed by atoms with Gasteiger partial charge in [0.1, 0.15) is 18.1 Å². The fourth-order valence-corrected chi connectivity index (χ4v) is 7.07. The molecule has 0 spiro atoms. The van der Waals surface area contributed by atoms with Crippen molar-refractivity contribution in [3.8, 4) is 0 Å². The van der Waals surface area contributed by atoms with Crippen LogP contribution in [0.1, 0.15) is 37.2 Å². The van der Waals surface area contributed by atoms with Crippen molar-refractivity contribution in [2.45, 2.75) is 42.0 Å². The number of likely N-dealkylation sites (tertiary alicyclic amines) is 2. The number of furan rings is 1. The van der Waals surface area contributed by atoms with Crippen molar-refractivity contribution in [1.29, 1.82) is 0 Å². The predicted molar refractivity (Wildman–Crippen MR) is 112 cm³/mol. The molecule has 4 aliphatic rings. The Hall–Kier alpha value is -2.16. The maximum Gasteiger partial charge on any atom is 0.253 e. The molecule has 10 heteroatoms.